The summed E-state index contributed by atoms with van der Waals surface area (Å²) in [5, 5.41) is 0.857. The fourth-order valence-corrected chi connectivity index (χ4v) is 2.06. The highest BCUT2D eigenvalue weighted by Crippen LogP contribution is 2.09. The quantitative estimate of drug-likeness (QED) is 0.732. The molecule has 2 rings (SSSR count). The minimum atomic E-state index is -3.54. The highest BCUT2D eigenvalue weighted by Gasteiger charge is 2.08. The van der Waals surface area contributed by atoms with Crippen molar-refractivity contribution in [3.8, 4) is 0 Å². The standard InChI is InChI=1S/C11H13N3O3S/c1-12-18(16,17)13-7-9-6-8-4-2-3-5-10(8)14-11(9)15/h2-6,12-13H,7H2,1H3,(H,14,15). The lowest BCUT2D eigenvalue weighted by molar-refractivity contribution is 0.572. The van der Waals surface area contributed by atoms with Crippen LogP contribution in [-0.2, 0) is 16.8 Å². The van der Waals surface area contributed by atoms with Crippen LogP contribution >= 0.6 is 0 Å². The molecule has 0 saturated heterocycles. The van der Waals surface area contributed by atoms with Crippen LogP contribution in [0.3, 0.4) is 0 Å². The predicted molar refractivity (Wildman–Crippen MR) is 69.4 cm³/mol. The number of hydrogen-bond donors (Lipinski definition) is 3. The smallest absolute Gasteiger partial charge is 0.276 e. The number of aromatic amines is 1. The van der Waals surface area contributed by atoms with E-state index in [0.717, 1.165) is 10.9 Å². The first kappa shape index (κ1) is 12.7. The van der Waals surface area contributed by atoms with E-state index in [1.165, 1.54) is 7.05 Å². The monoisotopic (exact) mass is 267 g/mol. The molecule has 0 spiro atoms. The van der Waals surface area contributed by atoms with Gasteiger partial charge in [-0.3, -0.25) is 4.79 Å². The van der Waals surface area contributed by atoms with Crippen LogP contribution in [0.4, 0.5) is 0 Å². The number of hydrogen-bond acceptors (Lipinski definition) is 3. The summed E-state index contributed by atoms with van der Waals surface area (Å²) in [6.45, 7) is -0.0522. The molecule has 0 amide bonds. The summed E-state index contributed by atoms with van der Waals surface area (Å²) in [6.07, 6.45) is 0. The number of pyridine rings is 1. The van der Waals surface area contributed by atoms with Gasteiger partial charge in [0.1, 0.15) is 0 Å². The summed E-state index contributed by atoms with van der Waals surface area (Å²) in [6, 6.07) is 8.98. The maximum Gasteiger partial charge on any atom is 0.276 e. The van der Waals surface area contributed by atoms with E-state index in [-0.39, 0.29) is 12.1 Å². The average molecular weight is 267 g/mol. The third-order valence-electron chi connectivity index (χ3n) is 2.55. The number of rotatable bonds is 4. The van der Waals surface area contributed by atoms with Crippen LogP contribution in [0.1, 0.15) is 5.56 Å². The van der Waals surface area contributed by atoms with E-state index >= 15 is 0 Å². The first-order chi connectivity index (χ1) is 8.52. The summed E-state index contributed by atoms with van der Waals surface area (Å²) in [5.41, 5.74) is 0.794. The molecule has 18 heavy (non-hydrogen) atoms. The molecule has 0 radical (unpaired) electrons. The van der Waals surface area contributed by atoms with E-state index < -0.39 is 10.2 Å². The van der Waals surface area contributed by atoms with Crippen molar-refractivity contribution in [1.29, 1.82) is 0 Å². The van der Waals surface area contributed by atoms with Gasteiger partial charge in [-0.25, -0.2) is 4.72 Å². The van der Waals surface area contributed by atoms with Gasteiger partial charge in [-0.2, -0.15) is 13.1 Å². The molecule has 0 saturated carbocycles. The Morgan fingerprint density at radius 1 is 1.28 bits per heavy atom. The molecule has 7 heteroatoms. The van der Waals surface area contributed by atoms with Gasteiger partial charge in [0.25, 0.3) is 15.8 Å². The van der Waals surface area contributed by atoms with Gasteiger partial charge >= 0.3 is 0 Å². The summed E-state index contributed by atoms with van der Waals surface area (Å²) in [4.78, 5) is 14.4. The van der Waals surface area contributed by atoms with Crippen LogP contribution in [-0.4, -0.2) is 20.4 Å². The van der Waals surface area contributed by atoms with Crippen LogP contribution in [0.5, 0.6) is 0 Å². The Hall–Kier alpha value is -1.70. The van der Waals surface area contributed by atoms with Gasteiger partial charge in [0.2, 0.25) is 0 Å². The van der Waals surface area contributed by atoms with Crippen molar-refractivity contribution in [3.05, 3.63) is 46.2 Å². The van der Waals surface area contributed by atoms with Crippen LogP contribution < -0.4 is 15.0 Å². The van der Waals surface area contributed by atoms with Crippen molar-refractivity contribution < 1.29 is 8.42 Å². The van der Waals surface area contributed by atoms with Gasteiger partial charge in [-0.15, -0.1) is 0 Å². The Morgan fingerprint density at radius 2 is 2.00 bits per heavy atom. The zero-order chi connectivity index (χ0) is 13.2. The molecule has 1 heterocycles. The first-order valence-corrected chi connectivity index (χ1v) is 6.79. The fourth-order valence-electron chi connectivity index (χ4n) is 1.57. The first-order valence-electron chi connectivity index (χ1n) is 5.31. The number of benzene rings is 1. The third-order valence-corrected chi connectivity index (χ3v) is 3.61. The van der Waals surface area contributed by atoms with Crippen molar-refractivity contribution in [1.82, 2.24) is 14.4 Å². The number of H-pyrrole nitrogens is 1. The topological polar surface area (TPSA) is 91.1 Å². The van der Waals surface area contributed by atoms with Crippen molar-refractivity contribution in [2.24, 2.45) is 0 Å². The average Bonchev–Trinajstić information content (AvgIpc) is 2.36. The molecular weight excluding hydrogens is 254 g/mol. The van der Waals surface area contributed by atoms with E-state index in [9.17, 15) is 13.2 Å². The zero-order valence-electron chi connectivity index (χ0n) is 9.73. The van der Waals surface area contributed by atoms with E-state index in [4.69, 9.17) is 0 Å². The summed E-state index contributed by atoms with van der Waals surface area (Å²) >= 11 is 0. The number of nitrogens with one attached hydrogen (secondary N) is 3. The molecule has 1 aromatic heterocycles. The normalized spacial score (nSPS) is 11.8. The lowest BCUT2D eigenvalue weighted by Crippen LogP contribution is -2.34. The number of fused-ring (bicyclic) bond motifs is 1. The molecule has 0 aliphatic carbocycles. The van der Waals surface area contributed by atoms with Crippen LogP contribution in [0.15, 0.2) is 35.1 Å². The number of para-hydroxylation sites is 1. The van der Waals surface area contributed by atoms with Gasteiger partial charge < -0.3 is 4.98 Å². The largest absolute Gasteiger partial charge is 0.322 e. The summed E-state index contributed by atoms with van der Waals surface area (Å²) < 4.78 is 26.8. The second-order valence-electron chi connectivity index (χ2n) is 3.74. The van der Waals surface area contributed by atoms with Gasteiger partial charge in [0.05, 0.1) is 0 Å². The molecule has 0 unspecified atom stereocenters. The molecule has 0 aliphatic heterocycles. The van der Waals surface area contributed by atoms with E-state index in [1.807, 2.05) is 18.2 Å². The fraction of sp³-hybridized carbons (Fsp3) is 0.182. The number of aromatic nitrogens is 1. The molecule has 6 nitrogen and oxygen atoms in total. The van der Waals surface area contributed by atoms with Crippen molar-refractivity contribution in [2.45, 2.75) is 6.54 Å². The minimum Gasteiger partial charge on any atom is -0.322 e. The molecule has 0 fully saturated rings. The van der Waals surface area contributed by atoms with Crippen LogP contribution in [0, 0.1) is 0 Å². The molecule has 1 aromatic carbocycles. The van der Waals surface area contributed by atoms with E-state index in [1.54, 1.807) is 12.1 Å². The Bertz CT molecular complexity index is 722. The maximum absolute atomic E-state index is 11.7. The highest BCUT2D eigenvalue weighted by molar-refractivity contribution is 7.87. The van der Waals surface area contributed by atoms with Crippen LogP contribution in [0.25, 0.3) is 10.9 Å². The van der Waals surface area contributed by atoms with Gasteiger partial charge in [0.15, 0.2) is 0 Å². The molecule has 3 N–H and O–H groups in total. The van der Waals surface area contributed by atoms with Crippen molar-refractivity contribution in [2.75, 3.05) is 7.05 Å². The molecule has 0 aliphatic rings. The SMILES string of the molecule is CNS(=O)(=O)NCc1cc2ccccc2[nH]c1=O. The van der Waals surface area contributed by atoms with Gasteiger partial charge in [-0.05, 0) is 17.5 Å². The molecular formula is C11H13N3O3S. The van der Waals surface area contributed by atoms with Crippen molar-refractivity contribution in [3.63, 3.8) is 0 Å². The Labute approximate surface area is 104 Å². The lowest BCUT2D eigenvalue weighted by Gasteiger charge is -2.05. The Kier molecular flexibility index (Phi) is 3.46. The van der Waals surface area contributed by atoms with Crippen molar-refractivity contribution >= 4 is 21.1 Å². The van der Waals surface area contributed by atoms with Gasteiger partial charge in [-0.1, -0.05) is 18.2 Å². The maximum atomic E-state index is 11.7. The molecule has 0 bridgehead atoms. The Balaban J connectivity index is 2.34. The lowest BCUT2D eigenvalue weighted by atomic mass is 10.1. The summed E-state index contributed by atoms with van der Waals surface area (Å²) in [7, 11) is -2.24. The zero-order valence-corrected chi connectivity index (χ0v) is 10.5. The van der Waals surface area contributed by atoms with Crippen LogP contribution in [0.2, 0.25) is 0 Å². The van der Waals surface area contributed by atoms with E-state index in [2.05, 4.69) is 14.4 Å². The second kappa shape index (κ2) is 4.89. The summed E-state index contributed by atoms with van der Waals surface area (Å²) in [5.74, 6) is 0. The molecule has 2 aromatic rings. The molecule has 96 valence electrons. The Morgan fingerprint density at radius 3 is 2.72 bits per heavy atom. The molecule has 0 atom stereocenters. The van der Waals surface area contributed by atoms with Gasteiger partial charge in [0, 0.05) is 24.7 Å². The second-order valence-corrected chi connectivity index (χ2v) is 5.44. The predicted octanol–water partition coefficient (Wildman–Crippen LogP) is 0.0819. The third kappa shape index (κ3) is 2.76. The highest BCUT2D eigenvalue weighted by atomic mass is 32.2. The minimum absolute atomic E-state index is 0.0522. The van der Waals surface area contributed by atoms with E-state index in [0.29, 0.717) is 5.56 Å².